The van der Waals surface area contributed by atoms with Crippen LogP contribution in [0.5, 0.6) is 0 Å². The molecule has 2 atom stereocenters. The van der Waals surface area contributed by atoms with Crippen LogP contribution < -0.4 is 16.7 Å². The molecule has 7 rings (SSSR count). The first-order chi connectivity index (χ1) is 14.1. The molecule has 8 nitrogen and oxygen atoms in total. The lowest BCUT2D eigenvalue weighted by Crippen LogP contribution is -2.58. The van der Waals surface area contributed by atoms with Crippen molar-refractivity contribution in [2.24, 2.45) is 28.9 Å². The number of hydrogen-bond donors (Lipinski definition) is 4. The van der Waals surface area contributed by atoms with Gasteiger partial charge >= 0.3 is 5.69 Å². The van der Waals surface area contributed by atoms with Crippen molar-refractivity contribution in [1.82, 2.24) is 24.8 Å². The van der Waals surface area contributed by atoms with Gasteiger partial charge in [-0.15, -0.1) is 0 Å². The highest BCUT2D eigenvalue weighted by atomic mass is 16.2. The number of pyridine rings is 1. The van der Waals surface area contributed by atoms with E-state index in [0.29, 0.717) is 30.8 Å². The van der Waals surface area contributed by atoms with Crippen molar-refractivity contribution < 1.29 is 4.79 Å². The second-order valence-electron chi connectivity index (χ2n) is 9.35. The minimum atomic E-state index is -0.275. The summed E-state index contributed by atoms with van der Waals surface area (Å²) in [5, 5.41) is 4.03. The van der Waals surface area contributed by atoms with Crippen molar-refractivity contribution in [3.8, 4) is 0 Å². The Morgan fingerprint density at radius 3 is 2.86 bits per heavy atom. The second-order valence-corrected chi connectivity index (χ2v) is 9.35. The van der Waals surface area contributed by atoms with Gasteiger partial charge in [-0.2, -0.15) is 0 Å². The van der Waals surface area contributed by atoms with E-state index in [2.05, 4.69) is 20.3 Å². The standard InChI is InChI=1S/C21H26N6O2/c22-2-4-24-19(28)21-7-11-5-12(8-21)16(13(6-11)9-21)27-17-14-1-3-23-18(14)25-10-15(17)26-20(27)29/h1,3,10-13,16H,2,4-9,22H2,(H,23,25)(H,24,28)(H,26,29). The van der Waals surface area contributed by atoms with E-state index in [1.165, 1.54) is 0 Å². The van der Waals surface area contributed by atoms with Crippen molar-refractivity contribution >= 4 is 28.0 Å². The van der Waals surface area contributed by atoms with Gasteiger partial charge in [0.2, 0.25) is 5.91 Å². The van der Waals surface area contributed by atoms with Gasteiger partial charge in [-0.3, -0.25) is 9.36 Å². The number of nitrogens with one attached hydrogen (secondary N) is 3. The van der Waals surface area contributed by atoms with Gasteiger partial charge in [0, 0.05) is 30.7 Å². The van der Waals surface area contributed by atoms with E-state index in [4.69, 9.17) is 5.73 Å². The van der Waals surface area contributed by atoms with Crippen molar-refractivity contribution in [2.75, 3.05) is 13.1 Å². The molecule has 5 N–H and O–H groups in total. The van der Waals surface area contributed by atoms with Crippen LogP contribution in [0.25, 0.3) is 22.1 Å². The van der Waals surface area contributed by atoms with Crippen LogP contribution in [0, 0.1) is 23.2 Å². The van der Waals surface area contributed by atoms with Crippen molar-refractivity contribution in [3.05, 3.63) is 28.9 Å². The number of aromatic amines is 2. The van der Waals surface area contributed by atoms with E-state index >= 15 is 0 Å². The van der Waals surface area contributed by atoms with Crippen molar-refractivity contribution in [2.45, 2.75) is 38.1 Å². The maximum Gasteiger partial charge on any atom is 0.326 e. The molecule has 29 heavy (non-hydrogen) atoms. The number of hydrogen-bond acceptors (Lipinski definition) is 4. The number of nitrogens with zero attached hydrogens (tertiary/aromatic N) is 2. The molecule has 0 radical (unpaired) electrons. The number of H-pyrrole nitrogens is 2. The highest BCUT2D eigenvalue weighted by Gasteiger charge is 2.59. The molecule has 3 heterocycles. The van der Waals surface area contributed by atoms with E-state index in [1.54, 1.807) is 6.20 Å². The molecule has 1 amide bonds. The largest absolute Gasteiger partial charge is 0.354 e. The maximum atomic E-state index is 13.1. The number of imidazole rings is 1. The molecule has 2 unspecified atom stereocenters. The molecule has 4 bridgehead atoms. The SMILES string of the molecule is NCCNC(=O)C12CC3CC(C1)C(n1c(=O)[nH]c4cnc5[nH]ccc5c41)C(C3)C2. The first-order valence-corrected chi connectivity index (χ1v) is 10.6. The summed E-state index contributed by atoms with van der Waals surface area (Å²) in [6, 6.07) is 2.13. The van der Waals surface area contributed by atoms with Gasteiger partial charge in [-0.25, -0.2) is 9.78 Å². The van der Waals surface area contributed by atoms with Crippen molar-refractivity contribution in [3.63, 3.8) is 0 Å². The van der Waals surface area contributed by atoms with Gasteiger partial charge in [-0.05, 0) is 55.9 Å². The fourth-order valence-electron chi connectivity index (χ4n) is 6.98. The predicted octanol–water partition coefficient (Wildman–Crippen LogP) is 1.65. The Balaban J connectivity index is 1.45. The Kier molecular flexibility index (Phi) is 3.54. The van der Waals surface area contributed by atoms with Gasteiger partial charge in [-0.1, -0.05) is 0 Å². The zero-order valence-corrected chi connectivity index (χ0v) is 16.3. The molecule has 4 fully saturated rings. The maximum absolute atomic E-state index is 13.1. The first kappa shape index (κ1) is 17.3. The average Bonchev–Trinajstić information content (AvgIpc) is 3.29. The number of carbonyl (C=O) groups excluding carboxylic acids is 1. The highest BCUT2D eigenvalue weighted by molar-refractivity contribution is 6.01. The fourth-order valence-corrected chi connectivity index (χ4v) is 6.98. The average molecular weight is 394 g/mol. The summed E-state index contributed by atoms with van der Waals surface area (Å²) in [6.07, 6.45) is 8.53. The Morgan fingerprint density at radius 1 is 1.31 bits per heavy atom. The van der Waals surface area contributed by atoms with Crippen LogP contribution in [0.2, 0.25) is 0 Å². The van der Waals surface area contributed by atoms with Crippen LogP contribution in [0.3, 0.4) is 0 Å². The number of amides is 1. The highest BCUT2D eigenvalue weighted by Crippen LogP contribution is 2.63. The monoisotopic (exact) mass is 394 g/mol. The summed E-state index contributed by atoms with van der Waals surface area (Å²) in [7, 11) is 0. The molecule has 4 aliphatic rings. The number of nitrogens with two attached hydrogens (primary N) is 1. The third kappa shape index (κ3) is 2.32. The molecule has 4 saturated carbocycles. The molecule has 0 aliphatic heterocycles. The zero-order chi connectivity index (χ0) is 19.8. The normalized spacial score (nSPS) is 33.0. The molecule has 0 saturated heterocycles. The summed E-state index contributed by atoms with van der Waals surface area (Å²) in [5.74, 6) is 1.46. The van der Waals surface area contributed by atoms with Crippen LogP contribution in [-0.2, 0) is 4.79 Å². The van der Waals surface area contributed by atoms with Crippen LogP contribution in [-0.4, -0.2) is 38.5 Å². The molecule has 3 aromatic rings. The Bertz CT molecular complexity index is 1160. The smallest absolute Gasteiger partial charge is 0.326 e. The third-order valence-corrected chi connectivity index (χ3v) is 7.69. The minimum Gasteiger partial charge on any atom is -0.354 e. The molecule has 0 aromatic carbocycles. The third-order valence-electron chi connectivity index (χ3n) is 7.69. The topological polar surface area (TPSA) is 122 Å². The predicted molar refractivity (Wildman–Crippen MR) is 109 cm³/mol. The van der Waals surface area contributed by atoms with Gasteiger partial charge in [0.15, 0.2) is 0 Å². The van der Waals surface area contributed by atoms with E-state index in [9.17, 15) is 9.59 Å². The summed E-state index contributed by atoms with van der Waals surface area (Å²) in [4.78, 5) is 36.7. The van der Waals surface area contributed by atoms with E-state index in [-0.39, 0.29) is 23.1 Å². The molecule has 8 heteroatoms. The van der Waals surface area contributed by atoms with Gasteiger partial charge in [0.05, 0.1) is 22.6 Å². The minimum absolute atomic E-state index is 0.0605. The lowest BCUT2D eigenvalue weighted by Gasteiger charge is -2.59. The fraction of sp³-hybridized carbons (Fsp3) is 0.571. The zero-order valence-electron chi connectivity index (χ0n) is 16.3. The summed E-state index contributed by atoms with van der Waals surface area (Å²) < 4.78 is 1.99. The molecule has 3 aromatic heterocycles. The Morgan fingerprint density at radius 2 is 2.10 bits per heavy atom. The van der Waals surface area contributed by atoms with E-state index in [0.717, 1.165) is 54.2 Å². The number of carbonyl (C=O) groups is 1. The van der Waals surface area contributed by atoms with E-state index in [1.807, 2.05) is 16.8 Å². The first-order valence-electron chi connectivity index (χ1n) is 10.6. The van der Waals surface area contributed by atoms with Gasteiger partial charge in [0.25, 0.3) is 0 Å². The van der Waals surface area contributed by atoms with Crippen LogP contribution in [0.4, 0.5) is 0 Å². The van der Waals surface area contributed by atoms with Crippen LogP contribution >= 0.6 is 0 Å². The molecule has 152 valence electrons. The molecular formula is C21H26N6O2. The lowest BCUT2D eigenvalue weighted by molar-refractivity contribution is -0.151. The quantitative estimate of drug-likeness (QED) is 0.537. The molecular weight excluding hydrogens is 368 g/mol. The molecule has 0 spiro atoms. The summed E-state index contributed by atoms with van der Waals surface area (Å²) in [6.45, 7) is 0.997. The van der Waals surface area contributed by atoms with Crippen LogP contribution in [0.15, 0.2) is 23.3 Å². The number of fused-ring (bicyclic) bond motifs is 3. The number of aromatic nitrogens is 4. The molecule has 4 aliphatic carbocycles. The lowest BCUT2D eigenvalue weighted by atomic mass is 9.47. The summed E-state index contributed by atoms with van der Waals surface area (Å²) in [5.41, 5.74) is 7.79. The second kappa shape index (κ2) is 5.95. The van der Waals surface area contributed by atoms with Crippen molar-refractivity contribution in [1.29, 1.82) is 0 Å². The Labute approximate surface area is 167 Å². The summed E-state index contributed by atoms with van der Waals surface area (Å²) >= 11 is 0. The Hall–Kier alpha value is -2.61. The van der Waals surface area contributed by atoms with Crippen LogP contribution in [0.1, 0.15) is 38.1 Å². The van der Waals surface area contributed by atoms with E-state index < -0.39 is 0 Å². The van der Waals surface area contributed by atoms with Gasteiger partial charge < -0.3 is 21.0 Å². The number of rotatable bonds is 4. The van der Waals surface area contributed by atoms with Gasteiger partial charge in [0.1, 0.15) is 5.65 Å².